The van der Waals surface area contributed by atoms with Crippen molar-refractivity contribution in [2.45, 2.75) is 13.5 Å². The average Bonchev–Trinajstić information content (AvgIpc) is 2.57. The summed E-state index contributed by atoms with van der Waals surface area (Å²) >= 11 is 3.49. The summed E-state index contributed by atoms with van der Waals surface area (Å²) in [5, 5.41) is 4.62. The first-order valence-corrected chi connectivity index (χ1v) is 5.57. The van der Waals surface area contributed by atoms with Gasteiger partial charge in [-0.25, -0.2) is 0 Å². The van der Waals surface area contributed by atoms with Crippen LogP contribution in [0.3, 0.4) is 0 Å². The van der Waals surface area contributed by atoms with Gasteiger partial charge in [-0.3, -0.25) is 0 Å². The molecule has 1 aromatic carbocycles. The first kappa shape index (κ1) is 9.74. The van der Waals surface area contributed by atoms with Crippen molar-refractivity contribution in [3.8, 4) is 0 Å². The summed E-state index contributed by atoms with van der Waals surface area (Å²) in [6, 6.07) is 6.29. The second-order valence-electron chi connectivity index (χ2n) is 3.28. The highest BCUT2D eigenvalue weighted by atomic mass is 79.9. The standard InChI is InChI=1S/C11H13BrN2/c1-2-13-6-8-7-14-11-4-3-9(12)5-10(8)11/h3-5,7,13-14H,2,6H2,1H3. The maximum absolute atomic E-state index is 3.49. The van der Waals surface area contributed by atoms with E-state index in [2.05, 4.69) is 57.6 Å². The molecule has 0 atom stereocenters. The van der Waals surface area contributed by atoms with E-state index in [-0.39, 0.29) is 0 Å². The van der Waals surface area contributed by atoms with E-state index in [0.717, 1.165) is 17.6 Å². The van der Waals surface area contributed by atoms with Crippen LogP contribution in [0, 0.1) is 0 Å². The molecule has 0 aliphatic carbocycles. The highest BCUT2D eigenvalue weighted by molar-refractivity contribution is 9.10. The fraction of sp³-hybridized carbons (Fsp3) is 0.273. The van der Waals surface area contributed by atoms with Crippen LogP contribution in [0.1, 0.15) is 12.5 Å². The monoisotopic (exact) mass is 252 g/mol. The van der Waals surface area contributed by atoms with Crippen LogP contribution < -0.4 is 5.32 Å². The molecule has 0 aliphatic heterocycles. The predicted molar refractivity (Wildman–Crippen MR) is 63.4 cm³/mol. The number of nitrogens with one attached hydrogen (secondary N) is 2. The highest BCUT2D eigenvalue weighted by Gasteiger charge is 2.02. The van der Waals surface area contributed by atoms with Crippen LogP contribution in [0.5, 0.6) is 0 Å². The number of fused-ring (bicyclic) bond motifs is 1. The normalized spacial score (nSPS) is 11.0. The molecule has 3 heteroatoms. The summed E-state index contributed by atoms with van der Waals surface area (Å²) in [6.45, 7) is 4.04. The molecule has 0 amide bonds. The van der Waals surface area contributed by atoms with Crippen molar-refractivity contribution in [2.24, 2.45) is 0 Å². The van der Waals surface area contributed by atoms with E-state index in [1.54, 1.807) is 0 Å². The molecule has 74 valence electrons. The number of halogens is 1. The van der Waals surface area contributed by atoms with Gasteiger partial charge >= 0.3 is 0 Å². The minimum absolute atomic E-state index is 0.924. The van der Waals surface area contributed by atoms with E-state index < -0.39 is 0 Å². The lowest BCUT2D eigenvalue weighted by Gasteiger charge is -1.99. The number of aromatic nitrogens is 1. The molecular formula is C11H13BrN2. The van der Waals surface area contributed by atoms with E-state index in [0.29, 0.717) is 0 Å². The Bertz CT molecular complexity index is 434. The number of aromatic amines is 1. The fourth-order valence-corrected chi connectivity index (χ4v) is 1.92. The molecule has 0 aliphatic rings. The fourth-order valence-electron chi connectivity index (χ4n) is 1.56. The summed E-state index contributed by atoms with van der Waals surface area (Å²) in [7, 11) is 0. The van der Waals surface area contributed by atoms with Gasteiger partial charge in [0.2, 0.25) is 0 Å². The summed E-state index contributed by atoms with van der Waals surface area (Å²) in [5.74, 6) is 0. The van der Waals surface area contributed by atoms with Crippen LogP contribution in [0.15, 0.2) is 28.9 Å². The maximum Gasteiger partial charge on any atom is 0.0458 e. The molecule has 14 heavy (non-hydrogen) atoms. The Morgan fingerprint density at radius 3 is 3.07 bits per heavy atom. The van der Waals surface area contributed by atoms with Gasteiger partial charge in [0.25, 0.3) is 0 Å². The largest absolute Gasteiger partial charge is 0.361 e. The van der Waals surface area contributed by atoms with Crippen molar-refractivity contribution in [2.75, 3.05) is 6.54 Å². The van der Waals surface area contributed by atoms with Crippen molar-refractivity contribution in [3.63, 3.8) is 0 Å². The van der Waals surface area contributed by atoms with E-state index >= 15 is 0 Å². The molecule has 2 nitrogen and oxygen atoms in total. The van der Waals surface area contributed by atoms with Crippen LogP contribution in [-0.2, 0) is 6.54 Å². The van der Waals surface area contributed by atoms with Gasteiger partial charge in [-0.1, -0.05) is 22.9 Å². The molecule has 2 N–H and O–H groups in total. The Kier molecular flexibility index (Phi) is 2.89. The van der Waals surface area contributed by atoms with Gasteiger partial charge in [-0.2, -0.15) is 0 Å². The summed E-state index contributed by atoms with van der Waals surface area (Å²) in [4.78, 5) is 3.26. The van der Waals surface area contributed by atoms with Crippen LogP contribution in [0.2, 0.25) is 0 Å². The molecule has 0 bridgehead atoms. The zero-order valence-corrected chi connectivity index (χ0v) is 9.69. The number of hydrogen-bond acceptors (Lipinski definition) is 1. The third-order valence-electron chi connectivity index (χ3n) is 2.29. The maximum atomic E-state index is 3.49. The van der Waals surface area contributed by atoms with Crippen LogP contribution in [0.4, 0.5) is 0 Å². The Morgan fingerprint density at radius 2 is 2.29 bits per heavy atom. The Labute approximate surface area is 91.8 Å². The highest BCUT2D eigenvalue weighted by Crippen LogP contribution is 2.22. The third-order valence-corrected chi connectivity index (χ3v) is 2.79. The van der Waals surface area contributed by atoms with Gasteiger partial charge in [0.05, 0.1) is 0 Å². The van der Waals surface area contributed by atoms with E-state index in [1.165, 1.54) is 16.5 Å². The SMILES string of the molecule is CCNCc1c[nH]c2ccc(Br)cc12. The predicted octanol–water partition coefficient (Wildman–Crippen LogP) is 3.04. The molecule has 0 spiro atoms. The van der Waals surface area contributed by atoms with Crippen molar-refractivity contribution in [1.82, 2.24) is 10.3 Å². The minimum atomic E-state index is 0.924. The van der Waals surface area contributed by atoms with Gasteiger partial charge in [0.15, 0.2) is 0 Å². The molecule has 0 unspecified atom stereocenters. The smallest absolute Gasteiger partial charge is 0.0458 e. The van der Waals surface area contributed by atoms with Crippen LogP contribution in [0.25, 0.3) is 10.9 Å². The lowest BCUT2D eigenvalue weighted by molar-refractivity contribution is 0.730. The lowest BCUT2D eigenvalue weighted by atomic mass is 10.2. The lowest BCUT2D eigenvalue weighted by Crippen LogP contribution is -2.11. The summed E-state index contributed by atoms with van der Waals surface area (Å²) < 4.78 is 1.13. The molecular weight excluding hydrogens is 240 g/mol. The van der Waals surface area contributed by atoms with Crippen molar-refractivity contribution >= 4 is 26.8 Å². The zero-order valence-electron chi connectivity index (χ0n) is 8.10. The molecule has 1 heterocycles. The van der Waals surface area contributed by atoms with E-state index in [1.807, 2.05) is 0 Å². The molecule has 0 fully saturated rings. The molecule has 0 saturated heterocycles. The van der Waals surface area contributed by atoms with Gasteiger partial charge < -0.3 is 10.3 Å². The molecule has 2 aromatic rings. The van der Waals surface area contributed by atoms with Crippen molar-refractivity contribution in [1.29, 1.82) is 0 Å². The first-order valence-electron chi connectivity index (χ1n) is 4.77. The van der Waals surface area contributed by atoms with Crippen molar-refractivity contribution in [3.05, 3.63) is 34.4 Å². The summed E-state index contributed by atoms with van der Waals surface area (Å²) in [5.41, 5.74) is 2.52. The molecule has 1 aromatic heterocycles. The van der Waals surface area contributed by atoms with Gasteiger partial charge in [0.1, 0.15) is 0 Å². The molecule has 0 radical (unpaired) electrons. The molecule has 0 saturated carbocycles. The second kappa shape index (κ2) is 4.15. The number of H-pyrrole nitrogens is 1. The molecule has 2 rings (SSSR count). The number of rotatable bonds is 3. The topological polar surface area (TPSA) is 27.8 Å². The first-order chi connectivity index (χ1) is 6.81. The quantitative estimate of drug-likeness (QED) is 0.864. The zero-order chi connectivity index (χ0) is 9.97. The Hall–Kier alpha value is -0.800. The summed E-state index contributed by atoms with van der Waals surface area (Å²) in [6.07, 6.45) is 2.07. The average molecular weight is 253 g/mol. The second-order valence-corrected chi connectivity index (χ2v) is 4.20. The van der Waals surface area contributed by atoms with E-state index in [9.17, 15) is 0 Å². The van der Waals surface area contributed by atoms with Gasteiger partial charge in [-0.05, 0) is 30.3 Å². The van der Waals surface area contributed by atoms with Gasteiger partial charge in [0, 0.05) is 28.1 Å². The Balaban J connectivity index is 2.40. The third kappa shape index (κ3) is 1.83. The van der Waals surface area contributed by atoms with E-state index in [4.69, 9.17) is 0 Å². The van der Waals surface area contributed by atoms with Gasteiger partial charge in [-0.15, -0.1) is 0 Å². The number of hydrogen-bond donors (Lipinski definition) is 2. The van der Waals surface area contributed by atoms with Crippen LogP contribution in [-0.4, -0.2) is 11.5 Å². The van der Waals surface area contributed by atoms with Crippen molar-refractivity contribution < 1.29 is 0 Å². The van der Waals surface area contributed by atoms with Crippen LogP contribution >= 0.6 is 15.9 Å². The Morgan fingerprint density at radius 1 is 1.43 bits per heavy atom. The minimum Gasteiger partial charge on any atom is -0.361 e. The number of benzene rings is 1.